The van der Waals surface area contributed by atoms with Gasteiger partial charge >= 0.3 is 0 Å². The minimum Gasteiger partial charge on any atom is -0.135 e. The maximum atomic E-state index is 11.9. The van der Waals surface area contributed by atoms with Crippen LogP contribution in [-0.4, -0.2) is 10.4 Å². The fraction of sp³-hybridized carbons (Fsp3) is 0.250. The highest BCUT2D eigenvalue weighted by molar-refractivity contribution is 6.65. The lowest BCUT2D eigenvalue weighted by Crippen LogP contribution is -2.03. The Balaban J connectivity index is 2.60. The van der Waals surface area contributed by atoms with Gasteiger partial charge in [0, 0.05) is 6.42 Å². The molecule has 8 heavy (non-hydrogen) atoms. The molecule has 0 saturated heterocycles. The first kappa shape index (κ1) is 5.56. The summed E-state index contributed by atoms with van der Waals surface area (Å²) in [5, 5.41) is 3.70. The highest BCUT2D eigenvalue weighted by Crippen LogP contribution is 2.05. The Kier molecular flexibility index (Phi) is 1.48. The first-order valence-corrected chi connectivity index (χ1v) is 2.51. The number of rotatable bonds is 0. The van der Waals surface area contributed by atoms with Gasteiger partial charge < -0.3 is 0 Å². The summed E-state index contributed by atoms with van der Waals surface area (Å²) in [6.45, 7) is 0. The molecule has 0 fully saturated rings. The Hall–Kier alpha value is -0.570. The molecule has 1 aliphatic heterocycles. The molecule has 0 unspecified atom stereocenters. The van der Waals surface area contributed by atoms with E-state index in [0.29, 0.717) is 6.42 Å². The lowest BCUT2D eigenvalue weighted by Gasteiger charge is -2.04. The second kappa shape index (κ2) is 2.13. The molecule has 0 amide bonds. The summed E-state index contributed by atoms with van der Waals surface area (Å²) in [6.07, 6.45) is 3.34. The van der Waals surface area contributed by atoms with Gasteiger partial charge in [0.15, 0.2) is 0 Å². The first-order valence-electron chi connectivity index (χ1n) is 2.13. The topological polar surface area (TPSA) is 15.6 Å². The molecule has 0 aromatic rings. The summed E-state index contributed by atoms with van der Waals surface area (Å²) in [5.41, 5.74) is 0. The normalized spacial score (nSPS) is 18.8. The molecule has 0 aliphatic carbocycles. The Morgan fingerprint density at radius 2 is 2.62 bits per heavy atom. The van der Waals surface area contributed by atoms with Gasteiger partial charge in [-0.25, -0.2) is 0 Å². The predicted octanol–water partition coefficient (Wildman–Crippen LogP) is 1.64. The largest absolute Gasteiger partial charge is 0.135 e. The standard InChI is InChI=1S/C4H4ClFN2/c5-4-2-1-3-8(6)7-4/h1,3H,2H2. The van der Waals surface area contributed by atoms with Gasteiger partial charge in [0.2, 0.25) is 0 Å². The van der Waals surface area contributed by atoms with Crippen molar-refractivity contribution in [1.82, 2.24) is 5.23 Å². The van der Waals surface area contributed by atoms with Crippen LogP contribution in [0, 0.1) is 0 Å². The molecule has 1 aliphatic rings. The average Bonchev–Trinajstić information content (AvgIpc) is 1.64. The van der Waals surface area contributed by atoms with Crippen LogP contribution in [-0.2, 0) is 0 Å². The second-order valence-electron chi connectivity index (χ2n) is 1.35. The lowest BCUT2D eigenvalue weighted by atomic mass is 10.4. The molecule has 2 nitrogen and oxygen atoms in total. The monoisotopic (exact) mass is 134 g/mol. The number of hydrogen-bond donors (Lipinski definition) is 0. The van der Waals surface area contributed by atoms with Crippen LogP contribution < -0.4 is 0 Å². The summed E-state index contributed by atoms with van der Waals surface area (Å²) in [6, 6.07) is 0. The van der Waals surface area contributed by atoms with Gasteiger partial charge in [-0.15, -0.1) is 10.3 Å². The molecule has 0 bridgehead atoms. The fourth-order valence-corrected chi connectivity index (χ4v) is 0.576. The van der Waals surface area contributed by atoms with E-state index in [1.807, 2.05) is 0 Å². The van der Waals surface area contributed by atoms with Gasteiger partial charge in [-0.1, -0.05) is 22.2 Å². The van der Waals surface area contributed by atoms with Gasteiger partial charge in [0.05, 0.1) is 6.20 Å². The molecular weight excluding hydrogens is 131 g/mol. The molecule has 0 spiro atoms. The highest BCUT2D eigenvalue weighted by atomic mass is 35.5. The van der Waals surface area contributed by atoms with Crippen LogP contribution >= 0.6 is 11.6 Å². The van der Waals surface area contributed by atoms with Crippen LogP contribution in [0.25, 0.3) is 0 Å². The maximum Gasteiger partial charge on any atom is 0.133 e. The van der Waals surface area contributed by atoms with E-state index in [1.54, 1.807) is 6.08 Å². The third-order valence-electron chi connectivity index (χ3n) is 0.719. The van der Waals surface area contributed by atoms with Crippen molar-refractivity contribution in [2.24, 2.45) is 5.10 Å². The molecule has 44 valence electrons. The van der Waals surface area contributed by atoms with Crippen LogP contribution in [0.1, 0.15) is 6.42 Å². The quantitative estimate of drug-likeness (QED) is 0.460. The predicted molar refractivity (Wildman–Crippen MR) is 30.0 cm³/mol. The molecule has 0 aromatic heterocycles. The van der Waals surface area contributed by atoms with Crippen molar-refractivity contribution in [1.29, 1.82) is 0 Å². The van der Waals surface area contributed by atoms with Gasteiger partial charge in [-0.3, -0.25) is 0 Å². The minimum absolute atomic E-state index is 0.186. The van der Waals surface area contributed by atoms with Crippen LogP contribution in [0.2, 0.25) is 0 Å². The van der Waals surface area contributed by atoms with Crippen LogP contribution in [0.4, 0.5) is 4.48 Å². The van der Waals surface area contributed by atoms with E-state index in [0.717, 1.165) is 0 Å². The maximum absolute atomic E-state index is 11.9. The molecule has 1 heterocycles. The summed E-state index contributed by atoms with van der Waals surface area (Å²) in [5.74, 6) is 0. The zero-order chi connectivity index (χ0) is 5.98. The zero-order valence-corrected chi connectivity index (χ0v) is 4.77. The minimum atomic E-state index is 0.186. The van der Waals surface area contributed by atoms with Crippen molar-refractivity contribution in [3.8, 4) is 0 Å². The molecule has 0 atom stereocenters. The third-order valence-corrected chi connectivity index (χ3v) is 0.949. The Morgan fingerprint density at radius 1 is 1.88 bits per heavy atom. The highest BCUT2D eigenvalue weighted by Gasteiger charge is 2.00. The van der Waals surface area contributed by atoms with Crippen molar-refractivity contribution in [2.45, 2.75) is 6.42 Å². The van der Waals surface area contributed by atoms with Gasteiger partial charge in [-0.2, -0.15) is 0 Å². The Labute approximate surface area is 51.2 Å². The molecule has 0 radical (unpaired) electrons. The van der Waals surface area contributed by atoms with E-state index >= 15 is 0 Å². The lowest BCUT2D eigenvalue weighted by molar-refractivity contribution is 0.0928. The van der Waals surface area contributed by atoms with E-state index in [1.165, 1.54) is 6.20 Å². The van der Waals surface area contributed by atoms with E-state index < -0.39 is 0 Å². The Bertz CT molecular complexity index is 143. The van der Waals surface area contributed by atoms with Crippen LogP contribution in [0.5, 0.6) is 0 Å². The SMILES string of the molecule is FN1C=CCC(Cl)=N1. The van der Waals surface area contributed by atoms with Crippen LogP contribution in [0.3, 0.4) is 0 Å². The molecule has 0 aromatic carbocycles. The van der Waals surface area contributed by atoms with Crippen molar-refractivity contribution in [2.75, 3.05) is 0 Å². The van der Waals surface area contributed by atoms with Gasteiger partial charge in [0.1, 0.15) is 5.17 Å². The summed E-state index contributed by atoms with van der Waals surface area (Å²) in [4.78, 5) is 0. The fourth-order valence-electron chi connectivity index (χ4n) is 0.415. The smallest absolute Gasteiger partial charge is 0.133 e. The van der Waals surface area contributed by atoms with Crippen LogP contribution in [0.15, 0.2) is 17.4 Å². The van der Waals surface area contributed by atoms with Crippen molar-refractivity contribution >= 4 is 16.8 Å². The second-order valence-corrected chi connectivity index (χ2v) is 1.79. The molecule has 0 N–H and O–H groups in total. The molecule has 4 heteroatoms. The molecule has 1 rings (SSSR count). The summed E-state index contributed by atoms with van der Waals surface area (Å²) >= 11 is 5.33. The van der Waals surface area contributed by atoms with Gasteiger partial charge in [-0.05, 0) is 0 Å². The molecular formula is C4H4ClFN2. The number of nitrogens with zero attached hydrogens (tertiary/aromatic N) is 2. The number of allylic oxidation sites excluding steroid dienone is 1. The van der Waals surface area contributed by atoms with E-state index in [4.69, 9.17) is 11.6 Å². The van der Waals surface area contributed by atoms with E-state index in [2.05, 4.69) is 5.10 Å². The number of hydrazone groups is 1. The average molecular weight is 135 g/mol. The zero-order valence-electron chi connectivity index (χ0n) is 4.01. The number of halogens is 2. The first-order chi connectivity index (χ1) is 3.79. The van der Waals surface area contributed by atoms with E-state index in [9.17, 15) is 4.48 Å². The number of hydrogen-bond acceptors (Lipinski definition) is 2. The van der Waals surface area contributed by atoms with Crippen molar-refractivity contribution in [3.63, 3.8) is 0 Å². The molecule has 0 saturated carbocycles. The third kappa shape index (κ3) is 1.20. The summed E-state index contributed by atoms with van der Waals surface area (Å²) < 4.78 is 11.9. The summed E-state index contributed by atoms with van der Waals surface area (Å²) in [7, 11) is 0. The Morgan fingerprint density at radius 3 is 3.00 bits per heavy atom. The van der Waals surface area contributed by atoms with E-state index in [-0.39, 0.29) is 10.4 Å². The van der Waals surface area contributed by atoms with Crippen molar-refractivity contribution < 1.29 is 4.48 Å². The van der Waals surface area contributed by atoms with Crippen molar-refractivity contribution in [3.05, 3.63) is 12.3 Å². The van der Waals surface area contributed by atoms with Gasteiger partial charge in [0.25, 0.3) is 0 Å².